The SMILES string of the molecule is O=S(=O)(O)c1sccc1-c1ccc(O)c(O)c1. The summed E-state index contributed by atoms with van der Waals surface area (Å²) in [6.07, 6.45) is 0. The van der Waals surface area contributed by atoms with Crippen LogP contribution in [-0.4, -0.2) is 23.2 Å². The Morgan fingerprint density at radius 1 is 1.06 bits per heavy atom. The van der Waals surface area contributed by atoms with E-state index in [4.69, 9.17) is 9.66 Å². The average Bonchev–Trinajstić information content (AvgIpc) is 2.70. The Hall–Kier alpha value is -1.57. The van der Waals surface area contributed by atoms with E-state index in [1.165, 1.54) is 29.6 Å². The van der Waals surface area contributed by atoms with Gasteiger partial charge in [-0.05, 0) is 29.1 Å². The Balaban J connectivity index is 2.62. The van der Waals surface area contributed by atoms with Crippen LogP contribution in [0.25, 0.3) is 11.1 Å². The summed E-state index contributed by atoms with van der Waals surface area (Å²) in [5.74, 6) is -0.646. The maximum absolute atomic E-state index is 11.1. The predicted molar refractivity (Wildman–Crippen MR) is 62.9 cm³/mol. The molecule has 0 fully saturated rings. The highest BCUT2D eigenvalue weighted by molar-refractivity contribution is 7.88. The molecule has 0 atom stereocenters. The average molecular weight is 272 g/mol. The van der Waals surface area contributed by atoms with E-state index >= 15 is 0 Å². The van der Waals surface area contributed by atoms with Gasteiger partial charge in [0.05, 0.1) is 0 Å². The van der Waals surface area contributed by atoms with Gasteiger partial charge in [0.15, 0.2) is 15.7 Å². The number of aromatic hydroxyl groups is 2. The Morgan fingerprint density at radius 3 is 2.35 bits per heavy atom. The van der Waals surface area contributed by atoms with Crippen LogP contribution in [0.2, 0.25) is 0 Å². The van der Waals surface area contributed by atoms with Crippen molar-refractivity contribution in [1.29, 1.82) is 0 Å². The third-order valence-corrected chi connectivity index (χ3v) is 4.47. The summed E-state index contributed by atoms with van der Waals surface area (Å²) >= 11 is 0.879. The Morgan fingerprint density at radius 2 is 1.76 bits per heavy atom. The molecule has 0 amide bonds. The van der Waals surface area contributed by atoms with Crippen molar-refractivity contribution in [3.05, 3.63) is 29.6 Å². The second kappa shape index (κ2) is 4.02. The fourth-order valence-electron chi connectivity index (χ4n) is 1.40. The molecule has 1 aromatic heterocycles. The molecule has 7 heteroatoms. The molecule has 0 aliphatic rings. The van der Waals surface area contributed by atoms with Crippen molar-refractivity contribution >= 4 is 21.5 Å². The van der Waals surface area contributed by atoms with Gasteiger partial charge >= 0.3 is 10.1 Å². The first-order valence-electron chi connectivity index (χ1n) is 4.47. The molecule has 0 radical (unpaired) electrons. The fourth-order valence-corrected chi connectivity index (χ4v) is 3.16. The number of phenols is 2. The van der Waals surface area contributed by atoms with Crippen molar-refractivity contribution in [1.82, 2.24) is 0 Å². The number of hydrogen-bond acceptors (Lipinski definition) is 5. The minimum absolute atomic E-state index is 0.192. The van der Waals surface area contributed by atoms with Gasteiger partial charge in [-0.2, -0.15) is 8.42 Å². The monoisotopic (exact) mass is 272 g/mol. The lowest BCUT2D eigenvalue weighted by Crippen LogP contribution is -1.96. The van der Waals surface area contributed by atoms with E-state index in [0.29, 0.717) is 5.56 Å². The number of thiophene rings is 1. The van der Waals surface area contributed by atoms with E-state index in [0.717, 1.165) is 11.3 Å². The minimum Gasteiger partial charge on any atom is -0.504 e. The third-order valence-electron chi connectivity index (χ3n) is 2.15. The highest BCUT2D eigenvalue weighted by Crippen LogP contribution is 2.36. The van der Waals surface area contributed by atoms with Crippen molar-refractivity contribution in [3.8, 4) is 22.6 Å². The largest absolute Gasteiger partial charge is 0.504 e. The van der Waals surface area contributed by atoms with E-state index < -0.39 is 10.1 Å². The van der Waals surface area contributed by atoms with E-state index in [-0.39, 0.29) is 21.3 Å². The molecule has 0 aliphatic carbocycles. The fraction of sp³-hybridized carbons (Fsp3) is 0. The smallest absolute Gasteiger partial charge is 0.304 e. The van der Waals surface area contributed by atoms with E-state index in [1.54, 1.807) is 0 Å². The van der Waals surface area contributed by atoms with Crippen LogP contribution in [0.4, 0.5) is 0 Å². The van der Waals surface area contributed by atoms with Gasteiger partial charge in [0.25, 0.3) is 0 Å². The molecule has 90 valence electrons. The van der Waals surface area contributed by atoms with Gasteiger partial charge in [0.1, 0.15) is 0 Å². The lowest BCUT2D eigenvalue weighted by Gasteiger charge is -2.03. The van der Waals surface area contributed by atoms with Crippen molar-refractivity contribution in [3.63, 3.8) is 0 Å². The standard InChI is InChI=1S/C10H8O5S2/c11-8-2-1-6(5-9(8)12)7-3-4-16-10(7)17(13,14)15/h1-5,11-12H,(H,13,14,15). The molecule has 1 aromatic carbocycles. The van der Waals surface area contributed by atoms with Gasteiger partial charge in [-0.15, -0.1) is 11.3 Å². The van der Waals surface area contributed by atoms with Crippen LogP contribution in [0, 0.1) is 0 Å². The van der Waals surface area contributed by atoms with Gasteiger partial charge in [0, 0.05) is 5.56 Å². The highest BCUT2D eigenvalue weighted by atomic mass is 32.3. The molecule has 3 N–H and O–H groups in total. The Kier molecular flexibility index (Phi) is 2.82. The van der Waals surface area contributed by atoms with Gasteiger partial charge in [-0.25, -0.2) is 0 Å². The molecule has 0 unspecified atom stereocenters. The lowest BCUT2D eigenvalue weighted by molar-refractivity contribution is 0.404. The zero-order valence-corrected chi connectivity index (χ0v) is 9.99. The first kappa shape index (κ1) is 11.9. The number of phenolic OH excluding ortho intramolecular Hbond substituents is 2. The van der Waals surface area contributed by atoms with Crippen LogP contribution in [0.15, 0.2) is 33.9 Å². The summed E-state index contributed by atoms with van der Waals surface area (Å²) in [7, 11) is -4.29. The zero-order valence-electron chi connectivity index (χ0n) is 8.36. The topological polar surface area (TPSA) is 94.8 Å². The normalized spacial score (nSPS) is 11.6. The molecule has 0 aliphatic heterocycles. The van der Waals surface area contributed by atoms with E-state index in [2.05, 4.69) is 0 Å². The van der Waals surface area contributed by atoms with Gasteiger partial charge in [0.2, 0.25) is 0 Å². The second-order valence-corrected chi connectivity index (χ2v) is 5.83. The molecular weight excluding hydrogens is 264 g/mol. The van der Waals surface area contributed by atoms with E-state index in [9.17, 15) is 13.5 Å². The molecule has 1 heterocycles. The van der Waals surface area contributed by atoms with Crippen LogP contribution < -0.4 is 0 Å². The van der Waals surface area contributed by atoms with Gasteiger partial charge in [-0.1, -0.05) is 6.07 Å². The Bertz CT molecular complexity index is 657. The summed E-state index contributed by atoms with van der Waals surface area (Å²) in [6.45, 7) is 0. The van der Waals surface area contributed by atoms with Crippen LogP contribution in [0.3, 0.4) is 0 Å². The zero-order chi connectivity index (χ0) is 12.6. The predicted octanol–water partition coefficient (Wildman–Crippen LogP) is 2.07. The number of rotatable bonds is 2. The van der Waals surface area contributed by atoms with Gasteiger partial charge < -0.3 is 10.2 Å². The second-order valence-electron chi connectivity index (χ2n) is 3.30. The first-order chi connectivity index (χ1) is 7.89. The van der Waals surface area contributed by atoms with Crippen LogP contribution in [0.1, 0.15) is 0 Å². The maximum Gasteiger partial charge on any atom is 0.304 e. The molecule has 2 rings (SSSR count). The van der Waals surface area contributed by atoms with Crippen LogP contribution in [0.5, 0.6) is 11.5 Å². The highest BCUT2D eigenvalue weighted by Gasteiger charge is 2.18. The minimum atomic E-state index is -4.29. The molecule has 2 aromatic rings. The summed E-state index contributed by atoms with van der Waals surface area (Å²) < 4.78 is 31.0. The van der Waals surface area contributed by atoms with Crippen molar-refractivity contribution in [2.24, 2.45) is 0 Å². The summed E-state index contributed by atoms with van der Waals surface area (Å²) in [5, 5.41) is 20.0. The molecule has 0 saturated heterocycles. The van der Waals surface area contributed by atoms with Crippen molar-refractivity contribution in [2.75, 3.05) is 0 Å². The maximum atomic E-state index is 11.1. The number of benzene rings is 1. The summed E-state index contributed by atoms with van der Waals surface area (Å²) in [6, 6.07) is 5.44. The number of hydrogen-bond donors (Lipinski definition) is 3. The third kappa shape index (κ3) is 2.26. The van der Waals surface area contributed by atoms with Gasteiger partial charge in [-0.3, -0.25) is 4.55 Å². The molecule has 0 saturated carbocycles. The summed E-state index contributed by atoms with van der Waals surface area (Å²) in [5.41, 5.74) is 0.682. The van der Waals surface area contributed by atoms with Crippen LogP contribution >= 0.6 is 11.3 Å². The molecule has 0 spiro atoms. The van der Waals surface area contributed by atoms with Crippen LogP contribution in [-0.2, 0) is 10.1 Å². The van der Waals surface area contributed by atoms with Crippen molar-refractivity contribution in [2.45, 2.75) is 4.21 Å². The summed E-state index contributed by atoms with van der Waals surface area (Å²) in [4.78, 5) is 0. The lowest BCUT2D eigenvalue weighted by atomic mass is 10.1. The molecule has 0 bridgehead atoms. The quantitative estimate of drug-likeness (QED) is 0.574. The van der Waals surface area contributed by atoms with Crippen molar-refractivity contribution < 1.29 is 23.2 Å². The van der Waals surface area contributed by atoms with E-state index in [1.807, 2.05) is 0 Å². The molecule has 5 nitrogen and oxygen atoms in total. The molecular formula is C10H8O5S2. The first-order valence-corrected chi connectivity index (χ1v) is 6.79. The Labute approximate surface area is 101 Å². The molecule has 17 heavy (non-hydrogen) atoms.